The number of carbonyl (C=O) groups is 4. The highest BCUT2D eigenvalue weighted by atomic mass is 19.1. The molecule has 3 saturated carbocycles. The van der Waals surface area contributed by atoms with Gasteiger partial charge >= 0.3 is 23.9 Å². The summed E-state index contributed by atoms with van der Waals surface area (Å²) in [4.78, 5) is 50.6. The lowest BCUT2D eigenvalue weighted by Gasteiger charge is -2.36. The number of aliphatic hydroxyl groups excluding tert-OH is 1. The first-order chi connectivity index (χ1) is 20.3. The highest BCUT2D eigenvalue weighted by Gasteiger charge is 2.47. The number of fused-ring (bicyclic) bond motifs is 2. The first kappa shape index (κ1) is 31.1. The van der Waals surface area contributed by atoms with E-state index in [1.54, 1.807) is 0 Å². The Morgan fingerprint density at radius 1 is 0.667 bits per heavy atom. The van der Waals surface area contributed by atoms with Gasteiger partial charge in [-0.15, -0.1) is 0 Å². The van der Waals surface area contributed by atoms with E-state index in [1.807, 2.05) is 0 Å². The van der Waals surface area contributed by atoms with Crippen LogP contribution in [0.25, 0.3) is 0 Å². The van der Waals surface area contributed by atoms with Crippen LogP contribution >= 0.6 is 0 Å². The Bertz CT molecular complexity index is 976. The van der Waals surface area contributed by atoms with Crippen molar-refractivity contribution in [1.82, 2.24) is 0 Å². The zero-order valence-electron chi connectivity index (χ0n) is 23.7. The molecule has 2 heterocycles. The number of hydrogen-bond acceptors (Lipinski definition) is 12. The SMILES string of the molecule is O=C(COC(=O)C1CC(O)C(COCCF)CC1C(=O)OCC(=O)OCC1CCC2OC2C1)OCC1CCC2OC2C1. The fourth-order valence-electron chi connectivity index (χ4n) is 6.51. The van der Waals surface area contributed by atoms with Crippen LogP contribution in [0.4, 0.5) is 4.39 Å². The third-order valence-corrected chi connectivity index (χ3v) is 9.09. The molecule has 0 aromatic carbocycles. The topological polar surface area (TPSA) is 160 Å². The molecule has 0 radical (unpaired) electrons. The first-order valence-corrected chi connectivity index (χ1v) is 15.1. The summed E-state index contributed by atoms with van der Waals surface area (Å²) in [6.07, 6.45) is 5.33. The Morgan fingerprint density at radius 2 is 1.19 bits per heavy atom. The molecule has 2 aliphatic heterocycles. The fourth-order valence-corrected chi connectivity index (χ4v) is 6.51. The molecule has 1 N–H and O–H groups in total. The normalized spacial score (nSPS) is 36.5. The van der Waals surface area contributed by atoms with E-state index in [0.29, 0.717) is 12.2 Å². The minimum Gasteiger partial charge on any atom is -0.463 e. The average Bonchev–Trinajstić information content (AvgIpc) is 3.92. The molecule has 2 saturated heterocycles. The maximum Gasteiger partial charge on any atom is 0.344 e. The van der Waals surface area contributed by atoms with E-state index >= 15 is 0 Å². The van der Waals surface area contributed by atoms with Crippen LogP contribution in [0.5, 0.6) is 0 Å². The molecule has 13 heteroatoms. The lowest BCUT2D eigenvalue weighted by molar-refractivity contribution is -0.174. The second kappa shape index (κ2) is 14.4. The Morgan fingerprint density at radius 3 is 1.69 bits per heavy atom. The van der Waals surface area contributed by atoms with Crippen LogP contribution in [0.3, 0.4) is 0 Å². The highest BCUT2D eigenvalue weighted by molar-refractivity contribution is 5.85. The van der Waals surface area contributed by atoms with Crippen LogP contribution in [-0.2, 0) is 52.3 Å². The fraction of sp³-hybridized carbons (Fsp3) is 0.862. The molecular formula is C29H41FO12. The number of alkyl halides is 1. The number of epoxide rings is 2. The summed E-state index contributed by atoms with van der Waals surface area (Å²) in [6.45, 7) is -1.72. The summed E-state index contributed by atoms with van der Waals surface area (Å²) in [5.41, 5.74) is 0. The maximum atomic E-state index is 13.1. The molecule has 0 aromatic rings. The summed E-state index contributed by atoms with van der Waals surface area (Å²) in [5, 5.41) is 10.6. The van der Waals surface area contributed by atoms with Crippen molar-refractivity contribution in [2.24, 2.45) is 29.6 Å². The van der Waals surface area contributed by atoms with E-state index in [0.717, 1.165) is 38.5 Å². The van der Waals surface area contributed by atoms with Crippen LogP contribution < -0.4 is 0 Å². The van der Waals surface area contributed by atoms with Crippen molar-refractivity contribution in [2.45, 2.75) is 81.9 Å². The van der Waals surface area contributed by atoms with E-state index < -0.39 is 67.6 Å². The molecule has 12 nitrogen and oxygen atoms in total. The largest absolute Gasteiger partial charge is 0.463 e. The van der Waals surface area contributed by atoms with Crippen LogP contribution in [0.1, 0.15) is 51.4 Å². The van der Waals surface area contributed by atoms with Gasteiger partial charge in [-0.3, -0.25) is 9.59 Å². The van der Waals surface area contributed by atoms with Gasteiger partial charge < -0.3 is 38.3 Å². The molecule has 5 rings (SSSR count). The number of halogens is 1. The van der Waals surface area contributed by atoms with Gasteiger partial charge in [0.2, 0.25) is 0 Å². The van der Waals surface area contributed by atoms with E-state index in [1.165, 1.54) is 0 Å². The Kier molecular flexibility index (Phi) is 10.7. The van der Waals surface area contributed by atoms with Gasteiger partial charge in [0.15, 0.2) is 13.2 Å². The second-order valence-corrected chi connectivity index (χ2v) is 12.1. The van der Waals surface area contributed by atoms with Crippen molar-refractivity contribution in [1.29, 1.82) is 0 Å². The smallest absolute Gasteiger partial charge is 0.344 e. The number of ether oxygens (including phenoxy) is 7. The number of aliphatic hydroxyl groups is 1. The highest BCUT2D eigenvalue weighted by Crippen LogP contribution is 2.40. The standard InChI is InChI=1S/C29H41FO12/c30-5-6-36-13-18-9-19(28(34)39-14-26(32)37-11-16-1-3-22-24(7-16)41-22)20(10-21(18)31)29(35)40-15-27(33)38-12-17-2-4-23-25(8-17)42-23/h16-25,31H,1-15H2. The number of esters is 4. The van der Waals surface area contributed by atoms with Crippen molar-refractivity contribution < 1.29 is 61.8 Å². The molecule has 0 spiro atoms. The predicted molar refractivity (Wildman–Crippen MR) is 138 cm³/mol. The van der Waals surface area contributed by atoms with E-state index in [9.17, 15) is 28.7 Å². The van der Waals surface area contributed by atoms with Crippen LogP contribution in [-0.4, -0.2) is 106 Å². The average molecular weight is 601 g/mol. The molecule has 5 fully saturated rings. The van der Waals surface area contributed by atoms with Crippen molar-refractivity contribution in [3.8, 4) is 0 Å². The monoisotopic (exact) mass is 600 g/mol. The van der Waals surface area contributed by atoms with Gasteiger partial charge in [-0.05, 0) is 63.2 Å². The van der Waals surface area contributed by atoms with Crippen molar-refractivity contribution in [3.05, 3.63) is 0 Å². The Labute approximate surface area is 243 Å². The van der Waals surface area contributed by atoms with Crippen LogP contribution in [0.2, 0.25) is 0 Å². The Hall–Kier alpha value is -2.35. The summed E-state index contributed by atoms with van der Waals surface area (Å²) >= 11 is 0. The van der Waals surface area contributed by atoms with Gasteiger partial charge in [0.05, 0.1) is 68.8 Å². The number of hydrogen-bond donors (Lipinski definition) is 1. The molecule has 3 aliphatic carbocycles. The van der Waals surface area contributed by atoms with Crippen LogP contribution in [0.15, 0.2) is 0 Å². The van der Waals surface area contributed by atoms with Gasteiger partial charge in [-0.1, -0.05) is 0 Å². The zero-order chi connectivity index (χ0) is 29.6. The molecule has 0 bridgehead atoms. The van der Waals surface area contributed by atoms with Gasteiger partial charge in [0, 0.05) is 5.92 Å². The molecule has 10 atom stereocenters. The maximum absolute atomic E-state index is 13.1. The molecular weight excluding hydrogens is 559 g/mol. The van der Waals surface area contributed by atoms with Crippen molar-refractivity contribution >= 4 is 23.9 Å². The molecule has 236 valence electrons. The molecule has 42 heavy (non-hydrogen) atoms. The van der Waals surface area contributed by atoms with Crippen molar-refractivity contribution in [3.63, 3.8) is 0 Å². The predicted octanol–water partition coefficient (Wildman–Crippen LogP) is 1.28. The van der Waals surface area contributed by atoms with E-state index in [4.69, 9.17) is 33.2 Å². The van der Waals surface area contributed by atoms with Gasteiger partial charge in [-0.2, -0.15) is 0 Å². The lowest BCUT2D eigenvalue weighted by Crippen LogP contribution is -2.45. The second-order valence-electron chi connectivity index (χ2n) is 12.1. The molecule has 10 unspecified atom stereocenters. The van der Waals surface area contributed by atoms with Gasteiger partial charge in [0.25, 0.3) is 0 Å². The molecule has 5 aliphatic rings. The quantitative estimate of drug-likeness (QED) is 0.132. The third kappa shape index (κ3) is 8.61. The summed E-state index contributed by atoms with van der Waals surface area (Å²) in [7, 11) is 0. The summed E-state index contributed by atoms with van der Waals surface area (Å²) < 4.78 is 49.7. The first-order valence-electron chi connectivity index (χ1n) is 15.1. The van der Waals surface area contributed by atoms with Crippen molar-refractivity contribution in [2.75, 3.05) is 46.3 Å². The summed E-state index contributed by atoms with van der Waals surface area (Å²) in [5.74, 6) is -5.46. The summed E-state index contributed by atoms with van der Waals surface area (Å²) in [6, 6.07) is 0. The minimum atomic E-state index is -1.12. The van der Waals surface area contributed by atoms with Gasteiger partial charge in [0.1, 0.15) is 6.67 Å². The molecule has 0 aromatic heterocycles. The minimum absolute atomic E-state index is 0.0118. The lowest BCUT2D eigenvalue weighted by atomic mass is 9.72. The van der Waals surface area contributed by atoms with Gasteiger partial charge in [-0.25, -0.2) is 14.0 Å². The molecule has 0 amide bonds. The third-order valence-electron chi connectivity index (χ3n) is 9.09. The Balaban J connectivity index is 1.08. The number of carbonyl (C=O) groups excluding carboxylic acids is 4. The number of rotatable bonds is 14. The zero-order valence-corrected chi connectivity index (χ0v) is 23.7. The van der Waals surface area contributed by atoms with E-state index in [2.05, 4.69) is 0 Å². The van der Waals surface area contributed by atoms with Crippen LogP contribution in [0, 0.1) is 29.6 Å². The van der Waals surface area contributed by atoms with E-state index in [-0.39, 0.29) is 63.3 Å².